The summed E-state index contributed by atoms with van der Waals surface area (Å²) in [4.78, 5) is 18.6. The third-order valence-corrected chi connectivity index (χ3v) is 4.55. The quantitative estimate of drug-likeness (QED) is 0.758. The first-order valence-corrected chi connectivity index (χ1v) is 8.48. The summed E-state index contributed by atoms with van der Waals surface area (Å²) in [5, 5.41) is 13.3. The van der Waals surface area contributed by atoms with Crippen molar-refractivity contribution in [3.05, 3.63) is 35.9 Å². The summed E-state index contributed by atoms with van der Waals surface area (Å²) in [6, 6.07) is 3.31. The second-order valence-electron chi connectivity index (χ2n) is 5.43. The molecule has 0 unspecified atom stereocenters. The van der Waals surface area contributed by atoms with Gasteiger partial charge < -0.3 is 14.2 Å². The molecule has 1 aliphatic rings. The fraction of sp³-hybridized carbons (Fsp3) is 0.333. The van der Waals surface area contributed by atoms with Crippen LogP contribution in [0.4, 0.5) is 5.13 Å². The Hall–Kier alpha value is -2.52. The summed E-state index contributed by atoms with van der Waals surface area (Å²) in [5.41, 5.74) is 0. The van der Waals surface area contributed by atoms with Gasteiger partial charge in [-0.1, -0.05) is 0 Å². The molecule has 0 radical (unpaired) electrons. The smallest absolute Gasteiger partial charge is 0.283 e. The van der Waals surface area contributed by atoms with Crippen LogP contribution >= 0.6 is 11.3 Å². The Kier molecular flexibility index (Phi) is 4.09. The molecule has 3 aromatic rings. The lowest BCUT2D eigenvalue weighted by Crippen LogP contribution is -2.39. The van der Waals surface area contributed by atoms with Crippen LogP contribution in [0.5, 0.6) is 0 Å². The molecule has 0 aliphatic carbocycles. The van der Waals surface area contributed by atoms with Crippen LogP contribution in [0.25, 0.3) is 11.7 Å². The Morgan fingerprint density at radius 1 is 1.46 bits per heavy atom. The molecule has 1 atom stereocenters. The van der Waals surface area contributed by atoms with Crippen LogP contribution in [-0.2, 0) is 11.3 Å². The number of carbonyl (C=O) groups excluding carboxylic acids is 1. The zero-order valence-corrected chi connectivity index (χ0v) is 13.5. The molecular formula is C15H15N5O3S. The van der Waals surface area contributed by atoms with Crippen molar-refractivity contribution in [2.75, 3.05) is 11.9 Å². The van der Waals surface area contributed by atoms with Crippen molar-refractivity contribution in [2.24, 2.45) is 0 Å². The maximum Gasteiger partial charge on any atom is 0.283 e. The van der Waals surface area contributed by atoms with Crippen LogP contribution in [0.2, 0.25) is 0 Å². The molecule has 24 heavy (non-hydrogen) atoms. The minimum absolute atomic E-state index is 0.0479. The number of nitrogens with one attached hydrogen (secondary N) is 1. The number of furan rings is 1. The standard InChI is InChI=1S/C15H15N5O3S/c21-13(17-15-16-5-8-24-15)10-3-1-6-20(10)9-12-18-19-14(23-12)11-4-2-7-22-11/h2,4-5,7-8,10H,1,3,6,9H2,(H,16,17,21)/t10-/m0/s1. The van der Waals surface area contributed by atoms with Gasteiger partial charge in [-0.25, -0.2) is 4.98 Å². The molecule has 1 amide bonds. The Balaban J connectivity index is 1.42. The van der Waals surface area contributed by atoms with E-state index in [2.05, 4.69) is 20.5 Å². The van der Waals surface area contributed by atoms with E-state index in [1.54, 1.807) is 24.6 Å². The van der Waals surface area contributed by atoms with Crippen molar-refractivity contribution in [1.82, 2.24) is 20.1 Å². The second-order valence-corrected chi connectivity index (χ2v) is 6.33. The highest BCUT2D eigenvalue weighted by Crippen LogP contribution is 2.23. The van der Waals surface area contributed by atoms with Crippen LogP contribution in [-0.4, -0.2) is 38.6 Å². The summed E-state index contributed by atoms with van der Waals surface area (Å²) >= 11 is 1.40. The summed E-state index contributed by atoms with van der Waals surface area (Å²) in [6.45, 7) is 1.25. The van der Waals surface area contributed by atoms with E-state index in [-0.39, 0.29) is 11.9 Å². The van der Waals surface area contributed by atoms with E-state index < -0.39 is 0 Å². The molecule has 1 aliphatic heterocycles. The summed E-state index contributed by atoms with van der Waals surface area (Å²) in [5.74, 6) is 1.30. The minimum atomic E-state index is -0.215. The predicted molar refractivity (Wildman–Crippen MR) is 86.2 cm³/mol. The Morgan fingerprint density at radius 2 is 2.42 bits per heavy atom. The number of hydrogen-bond donors (Lipinski definition) is 1. The highest BCUT2D eigenvalue weighted by molar-refractivity contribution is 7.13. The SMILES string of the molecule is O=C(Nc1nccs1)[C@@H]1CCCN1Cc1nnc(-c2ccco2)o1. The molecule has 3 aromatic heterocycles. The molecule has 124 valence electrons. The van der Waals surface area contributed by atoms with Crippen LogP contribution < -0.4 is 5.32 Å². The number of aromatic nitrogens is 3. The Labute approximate surface area is 141 Å². The van der Waals surface area contributed by atoms with Gasteiger partial charge in [0, 0.05) is 11.6 Å². The van der Waals surface area contributed by atoms with Gasteiger partial charge in [-0.3, -0.25) is 9.69 Å². The summed E-state index contributed by atoms with van der Waals surface area (Å²) in [6.07, 6.45) is 4.98. The largest absolute Gasteiger partial charge is 0.459 e. The number of hydrogen-bond acceptors (Lipinski definition) is 8. The predicted octanol–water partition coefficient (Wildman–Crippen LogP) is 2.39. The van der Waals surface area contributed by atoms with E-state index in [0.717, 1.165) is 19.4 Å². The van der Waals surface area contributed by atoms with E-state index >= 15 is 0 Å². The number of rotatable bonds is 5. The van der Waals surface area contributed by atoms with Gasteiger partial charge >= 0.3 is 0 Å². The molecule has 0 spiro atoms. The highest BCUT2D eigenvalue weighted by Gasteiger charge is 2.32. The van der Waals surface area contributed by atoms with Crippen molar-refractivity contribution in [2.45, 2.75) is 25.4 Å². The third kappa shape index (κ3) is 3.08. The molecule has 1 N–H and O–H groups in total. The Bertz CT molecular complexity index is 799. The third-order valence-electron chi connectivity index (χ3n) is 3.87. The van der Waals surface area contributed by atoms with Gasteiger partial charge in [-0.2, -0.15) is 0 Å². The van der Waals surface area contributed by atoms with Crippen molar-refractivity contribution in [3.63, 3.8) is 0 Å². The van der Waals surface area contributed by atoms with Crippen LogP contribution in [0, 0.1) is 0 Å². The number of anilines is 1. The number of thiazole rings is 1. The number of amides is 1. The molecule has 0 saturated carbocycles. The lowest BCUT2D eigenvalue weighted by molar-refractivity contribution is -0.120. The average molecular weight is 345 g/mol. The number of likely N-dealkylation sites (tertiary alicyclic amines) is 1. The first-order valence-electron chi connectivity index (χ1n) is 7.60. The fourth-order valence-electron chi connectivity index (χ4n) is 2.78. The Morgan fingerprint density at radius 3 is 3.21 bits per heavy atom. The van der Waals surface area contributed by atoms with Gasteiger partial charge in [-0.05, 0) is 31.5 Å². The van der Waals surface area contributed by atoms with Crippen molar-refractivity contribution in [1.29, 1.82) is 0 Å². The molecule has 0 bridgehead atoms. The maximum absolute atomic E-state index is 12.4. The minimum Gasteiger partial charge on any atom is -0.459 e. The summed E-state index contributed by atoms with van der Waals surface area (Å²) in [7, 11) is 0. The molecule has 9 heteroatoms. The molecular weight excluding hydrogens is 330 g/mol. The molecule has 1 saturated heterocycles. The van der Waals surface area contributed by atoms with E-state index in [4.69, 9.17) is 8.83 Å². The van der Waals surface area contributed by atoms with E-state index in [0.29, 0.717) is 29.2 Å². The van der Waals surface area contributed by atoms with Crippen molar-refractivity contribution in [3.8, 4) is 11.7 Å². The van der Waals surface area contributed by atoms with Crippen LogP contribution in [0.3, 0.4) is 0 Å². The van der Waals surface area contributed by atoms with Gasteiger partial charge in [0.1, 0.15) is 0 Å². The first-order chi connectivity index (χ1) is 11.8. The zero-order valence-electron chi connectivity index (χ0n) is 12.7. The lowest BCUT2D eigenvalue weighted by atomic mass is 10.2. The van der Waals surface area contributed by atoms with E-state index in [9.17, 15) is 4.79 Å². The maximum atomic E-state index is 12.4. The summed E-state index contributed by atoms with van der Waals surface area (Å²) < 4.78 is 10.9. The fourth-order valence-corrected chi connectivity index (χ4v) is 3.31. The van der Waals surface area contributed by atoms with Gasteiger partial charge in [-0.15, -0.1) is 21.5 Å². The van der Waals surface area contributed by atoms with Gasteiger partial charge in [0.25, 0.3) is 5.89 Å². The molecule has 8 nitrogen and oxygen atoms in total. The van der Waals surface area contributed by atoms with Gasteiger partial charge in [0.15, 0.2) is 10.9 Å². The molecule has 1 fully saturated rings. The van der Waals surface area contributed by atoms with E-state index in [1.165, 1.54) is 11.3 Å². The molecule has 4 rings (SSSR count). The monoisotopic (exact) mass is 345 g/mol. The zero-order chi connectivity index (χ0) is 16.4. The second kappa shape index (κ2) is 6.54. The highest BCUT2D eigenvalue weighted by atomic mass is 32.1. The lowest BCUT2D eigenvalue weighted by Gasteiger charge is -2.21. The number of carbonyl (C=O) groups is 1. The first kappa shape index (κ1) is 15.0. The molecule has 0 aromatic carbocycles. The van der Waals surface area contributed by atoms with Crippen LogP contribution in [0.1, 0.15) is 18.7 Å². The van der Waals surface area contributed by atoms with Gasteiger partial charge in [0.2, 0.25) is 11.8 Å². The average Bonchev–Trinajstić information content (AvgIpc) is 3.36. The number of nitrogens with zero attached hydrogens (tertiary/aromatic N) is 4. The van der Waals surface area contributed by atoms with Crippen molar-refractivity contribution >= 4 is 22.4 Å². The topological polar surface area (TPSA) is 97.3 Å². The van der Waals surface area contributed by atoms with Crippen molar-refractivity contribution < 1.29 is 13.6 Å². The van der Waals surface area contributed by atoms with E-state index in [1.807, 2.05) is 10.3 Å². The van der Waals surface area contributed by atoms with Crippen LogP contribution in [0.15, 0.2) is 38.8 Å². The molecule has 4 heterocycles. The normalized spacial score (nSPS) is 18.1. The van der Waals surface area contributed by atoms with Gasteiger partial charge in [0.05, 0.1) is 18.8 Å².